The predicted molar refractivity (Wildman–Crippen MR) is 126 cm³/mol. The van der Waals surface area contributed by atoms with Gasteiger partial charge in [-0.05, 0) is 48.6 Å². The summed E-state index contributed by atoms with van der Waals surface area (Å²) in [5.74, 6) is 0. The number of hydrogen-bond acceptors (Lipinski definition) is 3. The molecule has 0 aromatic heterocycles. The van der Waals surface area contributed by atoms with E-state index >= 15 is 0 Å². The third kappa shape index (κ3) is 4.13. The molecule has 5 rings (SSSR count). The molecule has 160 valence electrons. The Labute approximate surface area is 185 Å². The Balaban J connectivity index is 1.38. The minimum Gasteiger partial charge on any atom is -0.378 e. The predicted octanol–water partition coefficient (Wildman–Crippen LogP) is 5.58. The molecule has 31 heavy (non-hydrogen) atoms. The highest BCUT2D eigenvalue weighted by atomic mass is 16.5. The summed E-state index contributed by atoms with van der Waals surface area (Å²) in [4.78, 5) is 2.40. The summed E-state index contributed by atoms with van der Waals surface area (Å²) < 4.78 is 12.5. The van der Waals surface area contributed by atoms with E-state index in [-0.39, 0.29) is 11.2 Å². The maximum Gasteiger partial charge on any atom is 0.119 e. The van der Waals surface area contributed by atoms with Gasteiger partial charge < -0.3 is 14.4 Å². The van der Waals surface area contributed by atoms with E-state index in [2.05, 4.69) is 96.8 Å². The minimum atomic E-state index is -0.384. The van der Waals surface area contributed by atoms with Gasteiger partial charge in [-0.15, -0.1) is 0 Å². The van der Waals surface area contributed by atoms with Gasteiger partial charge in [-0.1, -0.05) is 72.8 Å². The van der Waals surface area contributed by atoms with Crippen LogP contribution in [-0.4, -0.2) is 31.9 Å². The van der Waals surface area contributed by atoms with Crippen molar-refractivity contribution in [1.29, 1.82) is 0 Å². The number of anilines is 1. The molecule has 0 amide bonds. The average molecular weight is 414 g/mol. The van der Waals surface area contributed by atoms with E-state index in [0.29, 0.717) is 0 Å². The van der Waals surface area contributed by atoms with Gasteiger partial charge in [0.05, 0.1) is 18.8 Å². The first kappa shape index (κ1) is 20.3. The maximum absolute atomic E-state index is 7.03. The van der Waals surface area contributed by atoms with Crippen LogP contribution in [0.1, 0.15) is 36.5 Å². The second kappa shape index (κ2) is 8.49. The standard InChI is InChI=1S/C28H31NO2/c1-27(22-23-12-14-26(15-13-23)29-18-20-30-21-19-29)16-17-28(31-27,24-8-4-2-5-9-24)25-10-6-3-7-11-25/h2-15H,16-22H2,1H3/t27-/m0/s1. The zero-order valence-corrected chi connectivity index (χ0v) is 18.3. The van der Waals surface area contributed by atoms with Crippen LogP contribution in [0.5, 0.6) is 0 Å². The van der Waals surface area contributed by atoms with E-state index in [4.69, 9.17) is 9.47 Å². The van der Waals surface area contributed by atoms with Crippen molar-refractivity contribution in [1.82, 2.24) is 0 Å². The Morgan fingerprint density at radius 3 is 1.90 bits per heavy atom. The largest absolute Gasteiger partial charge is 0.378 e. The number of rotatable bonds is 5. The third-order valence-corrected chi connectivity index (χ3v) is 6.80. The Kier molecular flexibility index (Phi) is 5.56. The molecule has 2 heterocycles. The van der Waals surface area contributed by atoms with Crippen LogP contribution in [0.2, 0.25) is 0 Å². The fourth-order valence-corrected chi connectivity index (χ4v) is 5.15. The van der Waals surface area contributed by atoms with Crippen molar-refractivity contribution in [3.05, 3.63) is 102 Å². The second-order valence-electron chi connectivity index (χ2n) is 9.05. The van der Waals surface area contributed by atoms with Gasteiger partial charge >= 0.3 is 0 Å². The van der Waals surface area contributed by atoms with E-state index in [1.54, 1.807) is 0 Å². The highest BCUT2D eigenvalue weighted by molar-refractivity contribution is 5.48. The minimum absolute atomic E-state index is 0.202. The summed E-state index contributed by atoms with van der Waals surface area (Å²) in [5.41, 5.74) is 4.51. The smallest absolute Gasteiger partial charge is 0.119 e. The van der Waals surface area contributed by atoms with Crippen LogP contribution in [0, 0.1) is 0 Å². The summed E-state index contributed by atoms with van der Waals surface area (Å²) in [6.45, 7) is 5.84. The molecule has 2 aliphatic heterocycles. The molecule has 2 fully saturated rings. The molecule has 2 saturated heterocycles. The normalized spacial score (nSPS) is 23.1. The van der Waals surface area contributed by atoms with Gasteiger partial charge in [0.25, 0.3) is 0 Å². The molecular formula is C28H31NO2. The number of nitrogens with zero attached hydrogens (tertiary/aromatic N) is 1. The molecule has 0 saturated carbocycles. The van der Waals surface area contributed by atoms with Crippen molar-refractivity contribution in [2.24, 2.45) is 0 Å². The van der Waals surface area contributed by atoms with Crippen LogP contribution in [0.3, 0.4) is 0 Å². The molecule has 3 heteroatoms. The highest BCUT2D eigenvalue weighted by Crippen LogP contribution is 2.49. The quantitative estimate of drug-likeness (QED) is 0.545. The molecule has 3 aromatic carbocycles. The Bertz CT molecular complexity index is 941. The van der Waals surface area contributed by atoms with Gasteiger partial charge in [0, 0.05) is 25.2 Å². The lowest BCUT2D eigenvalue weighted by molar-refractivity contribution is -0.0764. The van der Waals surface area contributed by atoms with Gasteiger partial charge in [0.1, 0.15) is 5.60 Å². The first-order chi connectivity index (χ1) is 15.2. The van der Waals surface area contributed by atoms with Gasteiger partial charge in [-0.25, -0.2) is 0 Å². The maximum atomic E-state index is 7.03. The molecule has 0 aliphatic carbocycles. The zero-order valence-electron chi connectivity index (χ0n) is 18.3. The summed E-state index contributed by atoms with van der Waals surface area (Å²) >= 11 is 0. The summed E-state index contributed by atoms with van der Waals surface area (Å²) in [7, 11) is 0. The molecule has 1 atom stereocenters. The van der Waals surface area contributed by atoms with Crippen LogP contribution in [0.4, 0.5) is 5.69 Å². The number of hydrogen-bond donors (Lipinski definition) is 0. The van der Waals surface area contributed by atoms with Crippen molar-refractivity contribution >= 4 is 5.69 Å². The summed E-state index contributed by atoms with van der Waals surface area (Å²) in [6.07, 6.45) is 2.93. The zero-order chi connectivity index (χ0) is 21.2. The monoisotopic (exact) mass is 413 g/mol. The third-order valence-electron chi connectivity index (χ3n) is 6.80. The molecule has 3 aromatic rings. The lowest BCUT2D eigenvalue weighted by Gasteiger charge is -2.35. The van der Waals surface area contributed by atoms with Crippen molar-refractivity contribution < 1.29 is 9.47 Å². The summed E-state index contributed by atoms with van der Waals surface area (Å²) in [5, 5.41) is 0. The Morgan fingerprint density at radius 2 is 1.32 bits per heavy atom. The van der Waals surface area contributed by atoms with Crippen LogP contribution < -0.4 is 4.90 Å². The van der Waals surface area contributed by atoms with E-state index < -0.39 is 0 Å². The van der Waals surface area contributed by atoms with Gasteiger partial charge in [0.2, 0.25) is 0 Å². The lowest BCUT2D eigenvalue weighted by atomic mass is 9.83. The van der Waals surface area contributed by atoms with Crippen LogP contribution in [-0.2, 0) is 21.5 Å². The number of morpholine rings is 1. The van der Waals surface area contributed by atoms with E-state index in [0.717, 1.165) is 45.6 Å². The van der Waals surface area contributed by atoms with Gasteiger partial charge in [0.15, 0.2) is 0 Å². The lowest BCUT2D eigenvalue weighted by Crippen LogP contribution is -2.36. The van der Waals surface area contributed by atoms with Gasteiger partial charge in [-0.2, -0.15) is 0 Å². The average Bonchev–Trinajstić information content (AvgIpc) is 3.20. The molecule has 0 spiro atoms. The van der Waals surface area contributed by atoms with Crippen LogP contribution in [0.15, 0.2) is 84.9 Å². The van der Waals surface area contributed by atoms with Gasteiger partial charge in [-0.3, -0.25) is 0 Å². The molecule has 0 radical (unpaired) electrons. The number of ether oxygens (including phenoxy) is 2. The van der Waals surface area contributed by atoms with Crippen molar-refractivity contribution in [3.63, 3.8) is 0 Å². The van der Waals surface area contributed by atoms with Crippen molar-refractivity contribution in [2.75, 3.05) is 31.2 Å². The van der Waals surface area contributed by atoms with E-state index in [1.165, 1.54) is 22.4 Å². The van der Waals surface area contributed by atoms with Crippen LogP contribution >= 0.6 is 0 Å². The SMILES string of the molecule is C[C@@]1(Cc2ccc(N3CCOCC3)cc2)CCC(c2ccccc2)(c2ccccc2)O1. The highest BCUT2D eigenvalue weighted by Gasteiger charge is 2.48. The fraction of sp³-hybridized carbons (Fsp3) is 0.357. The number of benzene rings is 3. The van der Waals surface area contributed by atoms with Crippen LogP contribution in [0.25, 0.3) is 0 Å². The molecule has 2 aliphatic rings. The van der Waals surface area contributed by atoms with E-state index in [1.807, 2.05) is 0 Å². The first-order valence-corrected chi connectivity index (χ1v) is 11.4. The molecule has 0 unspecified atom stereocenters. The van der Waals surface area contributed by atoms with Crippen molar-refractivity contribution in [3.8, 4) is 0 Å². The summed E-state index contributed by atoms with van der Waals surface area (Å²) in [6, 6.07) is 30.5. The molecular weight excluding hydrogens is 382 g/mol. The molecule has 3 nitrogen and oxygen atoms in total. The Hall–Kier alpha value is -2.62. The topological polar surface area (TPSA) is 21.7 Å². The molecule has 0 N–H and O–H groups in total. The Morgan fingerprint density at radius 1 is 0.742 bits per heavy atom. The fourth-order valence-electron chi connectivity index (χ4n) is 5.15. The second-order valence-corrected chi connectivity index (χ2v) is 9.05. The molecule has 0 bridgehead atoms. The first-order valence-electron chi connectivity index (χ1n) is 11.4. The van der Waals surface area contributed by atoms with E-state index in [9.17, 15) is 0 Å². The van der Waals surface area contributed by atoms with Crippen molar-refractivity contribution in [2.45, 2.75) is 37.4 Å².